The van der Waals surface area contributed by atoms with Crippen LogP contribution in [0, 0.1) is 0 Å². The van der Waals surface area contributed by atoms with Crippen LogP contribution < -0.4 is 0 Å². The van der Waals surface area contributed by atoms with Gasteiger partial charge in [-0.05, 0) is 44.4 Å². The molecule has 1 aromatic rings. The SMILES string of the molecule is CCC1CCC(C)N1C(=O)c1cc(Cl)ccc1O. The zero-order valence-electron chi connectivity index (χ0n) is 10.7. The Kier molecular flexibility index (Phi) is 3.81. The molecule has 1 heterocycles. The Morgan fingerprint density at radius 1 is 1.50 bits per heavy atom. The van der Waals surface area contributed by atoms with Gasteiger partial charge in [0.15, 0.2) is 0 Å². The first-order valence-electron chi connectivity index (χ1n) is 6.35. The van der Waals surface area contributed by atoms with Gasteiger partial charge >= 0.3 is 0 Å². The van der Waals surface area contributed by atoms with Crippen LogP contribution in [-0.2, 0) is 0 Å². The van der Waals surface area contributed by atoms with Crippen molar-refractivity contribution in [1.29, 1.82) is 0 Å². The third kappa shape index (κ3) is 2.32. The molecule has 0 aromatic heterocycles. The third-order valence-corrected chi connectivity index (χ3v) is 3.92. The van der Waals surface area contributed by atoms with Crippen LogP contribution in [0.2, 0.25) is 5.02 Å². The zero-order valence-corrected chi connectivity index (χ0v) is 11.4. The van der Waals surface area contributed by atoms with E-state index >= 15 is 0 Å². The van der Waals surface area contributed by atoms with Gasteiger partial charge < -0.3 is 10.0 Å². The second-order valence-electron chi connectivity index (χ2n) is 4.86. The van der Waals surface area contributed by atoms with E-state index in [4.69, 9.17) is 11.6 Å². The van der Waals surface area contributed by atoms with Crippen molar-refractivity contribution in [3.05, 3.63) is 28.8 Å². The summed E-state index contributed by atoms with van der Waals surface area (Å²) in [7, 11) is 0. The molecule has 2 rings (SSSR count). The van der Waals surface area contributed by atoms with Crippen molar-refractivity contribution < 1.29 is 9.90 Å². The Bertz CT molecular complexity index is 461. The highest BCUT2D eigenvalue weighted by Crippen LogP contribution is 2.31. The fourth-order valence-electron chi connectivity index (χ4n) is 2.66. The standard InChI is InChI=1S/C14H18ClNO2/c1-3-11-6-4-9(2)16(11)14(18)12-8-10(15)5-7-13(12)17/h5,7-9,11,17H,3-4,6H2,1-2H3. The normalized spacial score (nSPS) is 23.4. The quantitative estimate of drug-likeness (QED) is 0.892. The van der Waals surface area contributed by atoms with Crippen molar-refractivity contribution in [1.82, 2.24) is 4.90 Å². The van der Waals surface area contributed by atoms with Crippen molar-refractivity contribution in [2.24, 2.45) is 0 Å². The van der Waals surface area contributed by atoms with Crippen molar-refractivity contribution in [2.75, 3.05) is 0 Å². The van der Waals surface area contributed by atoms with Gasteiger partial charge in [-0.3, -0.25) is 4.79 Å². The minimum Gasteiger partial charge on any atom is -0.507 e. The molecule has 0 spiro atoms. The molecule has 1 saturated heterocycles. The van der Waals surface area contributed by atoms with Crippen molar-refractivity contribution in [2.45, 2.75) is 45.2 Å². The van der Waals surface area contributed by atoms with Crippen LogP contribution in [0.1, 0.15) is 43.5 Å². The first-order chi connectivity index (χ1) is 8.54. The second kappa shape index (κ2) is 5.19. The summed E-state index contributed by atoms with van der Waals surface area (Å²) in [5.74, 6) is -0.120. The monoisotopic (exact) mass is 267 g/mol. The Labute approximate surface area is 112 Å². The number of aromatic hydroxyl groups is 1. The molecule has 0 radical (unpaired) electrons. The number of phenols is 1. The van der Waals surface area contributed by atoms with E-state index in [1.807, 2.05) is 4.90 Å². The lowest BCUT2D eigenvalue weighted by atomic mass is 10.1. The molecule has 0 aliphatic carbocycles. The van der Waals surface area contributed by atoms with E-state index in [-0.39, 0.29) is 23.7 Å². The van der Waals surface area contributed by atoms with Gasteiger partial charge in [0.2, 0.25) is 0 Å². The molecule has 1 aromatic carbocycles. The molecule has 1 fully saturated rings. The first kappa shape index (κ1) is 13.2. The van der Waals surface area contributed by atoms with E-state index in [0.29, 0.717) is 10.6 Å². The van der Waals surface area contributed by atoms with Crippen LogP contribution in [0.3, 0.4) is 0 Å². The molecule has 0 saturated carbocycles. The van der Waals surface area contributed by atoms with Gasteiger partial charge in [-0.1, -0.05) is 18.5 Å². The molecule has 18 heavy (non-hydrogen) atoms. The molecule has 2 unspecified atom stereocenters. The number of nitrogens with zero attached hydrogens (tertiary/aromatic N) is 1. The fourth-order valence-corrected chi connectivity index (χ4v) is 2.83. The molecule has 0 bridgehead atoms. The van der Waals surface area contributed by atoms with E-state index in [2.05, 4.69) is 13.8 Å². The summed E-state index contributed by atoms with van der Waals surface area (Å²) < 4.78 is 0. The highest BCUT2D eigenvalue weighted by atomic mass is 35.5. The number of hydrogen-bond donors (Lipinski definition) is 1. The maximum atomic E-state index is 12.5. The topological polar surface area (TPSA) is 40.5 Å². The minimum atomic E-state index is -0.119. The summed E-state index contributed by atoms with van der Waals surface area (Å²) >= 11 is 5.89. The van der Waals surface area contributed by atoms with E-state index in [9.17, 15) is 9.90 Å². The van der Waals surface area contributed by atoms with Gasteiger partial charge in [0.1, 0.15) is 5.75 Å². The zero-order chi connectivity index (χ0) is 13.3. The number of amides is 1. The molecule has 2 atom stereocenters. The van der Waals surface area contributed by atoms with E-state index in [1.54, 1.807) is 6.07 Å². The Hall–Kier alpha value is -1.22. The Morgan fingerprint density at radius 2 is 2.22 bits per heavy atom. The predicted octanol–water partition coefficient (Wildman–Crippen LogP) is 3.45. The highest BCUT2D eigenvalue weighted by molar-refractivity contribution is 6.31. The molecule has 3 nitrogen and oxygen atoms in total. The van der Waals surface area contributed by atoms with Gasteiger partial charge in [-0.2, -0.15) is 0 Å². The summed E-state index contributed by atoms with van der Waals surface area (Å²) in [6.07, 6.45) is 2.99. The van der Waals surface area contributed by atoms with Crippen LogP contribution in [-0.4, -0.2) is 28.0 Å². The fraction of sp³-hybridized carbons (Fsp3) is 0.500. The Morgan fingerprint density at radius 3 is 2.89 bits per heavy atom. The smallest absolute Gasteiger partial charge is 0.258 e. The third-order valence-electron chi connectivity index (χ3n) is 3.68. The van der Waals surface area contributed by atoms with E-state index in [0.717, 1.165) is 19.3 Å². The maximum Gasteiger partial charge on any atom is 0.258 e. The summed E-state index contributed by atoms with van der Waals surface area (Å²) in [5, 5.41) is 10.3. The average molecular weight is 268 g/mol. The summed E-state index contributed by atoms with van der Waals surface area (Å²) in [4.78, 5) is 14.4. The molecular weight excluding hydrogens is 250 g/mol. The molecule has 98 valence electrons. The number of benzene rings is 1. The lowest BCUT2D eigenvalue weighted by Gasteiger charge is -2.28. The molecule has 1 aliphatic rings. The van der Waals surface area contributed by atoms with Crippen LogP contribution in [0.25, 0.3) is 0 Å². The van der Waals surface area contributed by atoms with Crippen molar-refractivity contribution in [3.8, 4) is 5.75 Å². The van der Waals surface area contributed by atoms with Crippen LogP contribution in [0.15, 0.2) is 18.2 Å². The van der Waals surface area contributed by atoms with Crippen molar-refractivity contribution >= 4 is 17.5 Å². The summed E-state index contributed by atoms with van der Waals surface area (Å²) in [6.45, 7) is 4.13. The molecule has 1 aliphatic heterocycles. The predicted molar refractivity (Wildman–Crippen MR) is 72.1 cm³/mol. The van der Waals surface area contributed by atoms with Crippen molar-refractivity contribution in [3.63, 3.8) is 0 Å². The second-order valence-corrected chi connectivity index (χ2v) is 5.30. The average Bonchev–Trinajstić information content (AvgIpc) is 2.72. The van der Waals surface area contributed by atoms with E-state index < -0.39 is 0 Å². The number of phenolic OH excluding ortho intramolecular Hbond substituents is 1. The van der Waals surface area contributed by atoms with Gasteiger partial charge in [-0.15, -0.1) is 0 Å². The number of rotatable bonds is 2. The number of carbonyl (C=O) groups is 1. The van der Waals surface area contributed by atoms with Crippen LogP contribution in [0.4, 0.5) is 0 Å². The maximum absolute atomic E-state index is 12.5. The Balaban J connectivity index is 2.32. The summed E-state index contributed by atoms with van der Waals surface area (Å²) in [6, 6.07) is 5.08. The van der Waals surface area contributed by atoms with Crippen LogP contribution >= 0.6 is 11.6 Å². The van der Waals surface area contributed by atoms with Gasteiger partial charge in [0, 0.05) is 17.1 Å². The first-order valence-corrected chi connectivity index (χ1v) is 6.73. The number of hydrogen-bond acceptors (Lipinski definition) is 2. The minimum absolute atomic E-state index is 0.00152. The number of halogens is 1. The number of likely N-dealkylation sites (tertiary alicyclic amines) is 1. The molecular formula is C14H18ClNO2. The van der Waals surface area contributed by atoms with Gasteiger partial charge in [0.05, 0.1) is 5.56 Å². The molecule has 4 heteroatoms. The molecule has 1 amide bonds. The lowest BCUT2D eigenvalue weighted by Crippen LogP contribution is -2.39. The van der Waals surface area contributed by atoms with Gasteiger partial charge in [-0.25, -0.2) is 0 Å². The highest BCUT2D eigenvalue weighted by Gasteiger charge is 2.34. The number of carbonyl (C=O) groups excluding carboxylic acids is 1. The largest absolute Gasteiger partial charge is 0.507 e. The van der Waals surface area contributed by atoms with E-state index in [1.165, 1.54) is 12.1 Å². The molecule has 1 N–H and O–H groups in total. The van der Waals surface area contributed by atoms with Gasteiger partial charge in [0.25, 0.3) is 5.91 Å². The van der Waals surface area contributed by atoms with Crippen LogP contribution in [0.5, 0.6) is 5.75 Å². The summed E-state index contributed by atoms with van der Waals surface area (Å²) in [5.41, 5.74) is 0.301. The lowest BCUT2D eigenvalue weighted by molar-refractivity contribution is 0.0673.